The van der Waals surface area contributed by atoms with Gasteiger partial charge in [-0.15, -0.1) is 0 Å². The van der Waals surface area contributed by atoms with Gasteiger partial charge in [0.1, 0.15) is 0 Å². The van der Waals surface area contributed by atoms with Gasteiger partial charge in [0, 0.05) is 18.8 Å². The van der Waals surface area contributed by atoms with E-state index in [0.717, 1.165) is 31.0 Å². The molecule has 1 atom stereocenters. The Labute approximate surface area is 97.2 Å². The fraction of sp³-hybridized carbons (Fsp3) is 0.583. The Hall–Kier alpha value is -1.29. The van der Waals surface area contributed by atoms with Gasteiger partial charge in [-0.05, 0) is 25.5 Å². The predicted octanol–water partition coefficient (Wildman–Crippen LogP) is 2.02. The number of hydrogen-bond donors (Lipinski definition) is 2. The van der Waals surface area contributed by atoms with Crippen molar-refractivity contribution in [2.24, 2.45) is 5.73 Å². The van der Waals surface area contributed by atoms with Gasteiger partial charge < -0.3 is 15.8 Å². The lowest BCUT2D eigenvalue weighted by atomic mass is 10.2. The summed E-state index contributed by atoms with van der Waals surface area (Å²) in [5.74, 6) is 1.56. The first-order chi connectivity index (χ1) is 7.77. The summed E-state index contributed by atoms with van der Waals surface area (Å²) in [5.41, 5.74) is 5.92. The first-order valence-corrected chi connectivity index (χ1v) is 5.85. The monoisotopic (exact) mass is 223 g/mol. The Bertz CT molecular complexity index is 304. The summed E-state index contributed by atoms with van der Waals surface area (Å²) >= 11 is 0. The van der Waals surface area contributed by atoms with Gasteiger partial charge in [0.2, 0.25) is 0 Å². The van der Waals surface area contributed by atoms with Crippen LogP contribution in [0, 0.1) is 0 Å². The average Bonchev–Trinajstić information content (AvgIpc) is 2.29. The van der Waals surface area contributed by atoms with Crippen LogP contribution < -0.4 is 15.8 Å². The van der Waals surface area contributed by atoms with E-state index in [0.29, 0.717) is 6.61 Å². The van der Waals surface area contributed by atoms with Crippen molar-refractivity contribution in [2.75, 3.05) is 18.5 Å². The largest absolute Gasteiger partial charge is 0.490 e. The maximum Gasteiger partial charge on any atom is 0.168 e. The van der Waals surface area contributed by atoms with Crippen molar-refractivity contribution in [1.82, 2.24) is 4.98 Å². The van der Waals surface area contributed by atoms with Crippen LogP contribution in [0.1, 0.15) is 26.7 Å². The molecule has 1 heterocycles. The maximum atomic E-state index is 5.92. The number of aromatic nitrogens is 1. The van der Waals surface area contributed by atoms with E-state index in [-0.39, 0.29) is 6.04 Å². The molecule has 1 aromatic rings. The van der Waals surface area contributed by atoms with Crippen LogP contribution in [-0.2, 0) is 0 Å². The van der Waals surface area contributed by atoms with Crippen LogP contribution in [0.3, 0.4) is 0 Å². The van der Waals surface area contributed by atoms with Crippen molar-refractivity contribution in [2.45, 2.75) is 32.7 Å². The van der Waals surface area contributed by atoms with Crippen LogP contribution in [0.2, 0.25) is 0 Å². The van der Waals surface area contributed by atoms with E-state index in [1.54, 1.807) is 6.20 Å². The molecule has 16 heavy (non-hydrogen) atoms. The maximum absolute atomic E-state index is 5.92. The number of ether oxygens (including phenoxy) is 1. The van der Waals surface area contributed by atoms with E-state index in [2.05, 4.69) is 17.2 Å². The SMILES string of the molecule is CCCC(N)CNc1ncccc1OCC. The van der Waals surface area contributed by atoms with Gasteiger partial charge in [0.15, 0.2) is 11.6 Å². The van der Waals surface area contributed by atoms with Crippen molar-refractivity contribution in [1.29, 1.82) is 0 Å². The molecule has 0 saturated heterocycles. The summed E-state index contributed by atoms with van der Waals surface area (Å²) in [4.78, 5) is 4.24. The van der Waals surface area contributed by atoms with Crippen LogP contribution in [0.5, 0.6) is 5.75 Å². The van der Waals surface area contributed by atoms with E-state index in [4.69, 9.17) is 10.5 Å². The standard InChI is InChI=1S/C12H21N3O/c1-3-6-10(13)9-15-12-11(16-4-2)7-5-8-14-12/h5,7-8,10H,3-4,6,9,13H2,1-2H3,(H,14,15). The lowest BCUT2D eigenvalue weighted by Gasteiger charge is -2.14. The molecule has 0 radical (unpaired) electrons. The molecule has 0 aliphatic heterocycles. The van der Waals surface area contributed by atoms with Gasteiger partial charge in [-0.2, -0.15) is 0 Å². The molecule has 0 bridgehead atoms. The van der Waals surface area contributed by atoms with Crippen LogP contribution in [0.25, 0.3) is 0 Å². The number of pyridine rings is 1. The summed E-state index contributed by atoms with van der Waals surface area (Å²) in [6.07, 6.45) is 3.86. The van der Waals surface area contributed by atoms with Gasteiger partial charge >= 0.3 is 0 Å². The molecule has 0 aliphatic carbocycles. The van der Waals surface area contributed by atoms with Gasteiger partial charge in [-0.1, -0.05) is 13.3 Å². The fourth-order valence-electron chi connectivity index (χ4n) is 1.50. The van der Waals surface area contributed by atoms with Crippen molar-refractivity contribution >= 4 is 5.82 Å². The summed E-state index contributed by atoms with van der Waals surface area (Å²) < 4.78 is 5.46. The minimum absolute atomic E-state index is 0.168. The highest BCUT2D eigenvalue weighted by Crippen LogP contribution is 2.20. The molecule has 1 rings (SSSR count). The second-order valence-corrected chi connectivity index (χ2v) is 3.71. The lowest BCUT2D eigenvalue weighted by molar-refractivity contribution is 0.340. The van der Waals surface area contributed by atoms with Crippen molar-refractivity contribution < 1.29 is 4.74 Å². The number of hydrogen-bond acceptors (Lipinski definition) is 4. The van der Waals surface area contributed by atoms with E-state index in [1.807, 2.05) is 19.1 Å². The topological polar surface area (TPSA) is 60.2 Å². The zero-order valence-electron chi connectivity index (χ0n) is 10.1. The normalized spacial score (nSPS) is 12.2. The third kappa shape index (κ3) is 4.06. The molecule has 0 aromatic carbocycles. The molecular weight excluding hydrogens is 202 g/mol. The Morgan fingerprint density at radius 2 is 2.31 bits per heavy atom. The Kier molecular flexibility index (Phi) is 5.64. The fourth-order valence-corrected chi connectivity index (χ4v) is 1.50. The molecule has 3 N–H and O–H groups in total. The van der Waals surface area contributed by atoms with Gasteiger partial charge in [-0.3, -0.25) is 0 Å². The quantitative estimate of drug-likeness (QED) is 0.742. The predicted molar refractivity (Wildman–Crippen MR) is 66.8 cm³/mol. The third-order valence-electron chi connectivity index (χ3n) is 2.26. The minimum atomic E-state index is 0.168. The minimum Gasteiger partial charge on any atom is -0.490 e. The smallest absolute Gasteiger partial charge is 0.168 e. The highest BCUT2D eigenvalue weighted by Gasteiger charge is 2.05. The van der Waals surface area contributed by atoms with E-state index >= 15 is 0 Å². The molecule has 0 spiro atoms. The molecule has 0 fully saturated rings. The summed E-state index contributed by atoms with van der Waals surface area (Å²) in [6.45, 7) is 5.46. The van der Waals surface area contributed by atoms with Gasteiger partial charge in [-0.25, -0.2) is 4.98 Å². The molecule has 0 aliphatic rings. The second kappa shape index (κ2) is 7.06. The number of nitrogens with two attached hydrogens (primary N) is 1. The van der Waals surface area contributed by atoms with E-state index in [9.17, 15) is 0 Å². The summed E-state index contributed by atoms with van der Waals surface area (Å²) in [7, 11) is 0. The van der Waals surface area contributed by atoms with Gasteiger partial charge in [0.05, 0.1) is 6.61 Å². The lowest BCUT2D eigenvalue weighted by Crippen LogP contribution is -2.29. The molecule has 1 aromatic heterocycles. The molecule has 0 saturated carbocycles. The molecule has 1 unspecified atom stereocenters. The van der Waals surface area contributed by atoms with Crippen LogP contribution in [0.15, 0.2) is 18.3 Å². The van der Waals surface area contributed by atoms with Crippen molar-refractivity contribution in [3.8, 4) is 5.75 Å². The Morgan fingerprint density at radius 1 is 1.50 bits per heavy atom. The highest BCUT2D eigenvalue weighted by molar-refractivity contribution is 5.49. The zero-order chi connectivity index (χ0) is 11.8. The highest BCUT2D eigenvalue weighted by atomic mass is 16.5. The van der Waals surface area contributed by atoms with Crippen LogP contribution >= 0.6 is 0 Å². The second-order valence-electron chi connectivity index (χ2n) is 3.71. The number of rotatable bonds is 7. The van der Waals surface area contributed by atoms with Crippen LogP contribution in [-0.4, -0.2) is 24.2 Å². The van der Waals surface area contributed by atoms with Crippen LogP contribution in [0.4, 0.5) is 5.82 Å². The summed E-state index contributed by atoms with van der Waals surface area (Å²) in [6, 6.07) is 3.94. The number of nitrogens with one attached hydrogen (secondary N) is 1. The Balaban J connectivity index is 2.52. The molecule has 90 valence electrons. The molecular formula is C12H21N3O. The first kappa shape index (κ1) is 12.8. The molecule has 4 nitrogen and oxygen atoms in total. The summed E-state index contributed by atoms with van der Waals surface area (Å²) in [5, 5.41) is 3.22. The first-order valence-electron chi connectivity index (χ1n) is 5.85. The molecule has 0 amide bonds. The van der Waals surface area contributed by atoms with Gasteiger partial charge in [0.25, 0.3) is 0 Å². The van der Waals surface area contributed by atoms with E-state index < -0.39 is 0 Å². The third-order valence-corrected chi connectivity index (χ3v) is 2.26. The molecule has 4 heteroatoms. The Morgan fingerprint density at radius 3 is 3.00 bits per heavy atom. The van der Waals surface area contributed by atoms with Crippen molar-refractivity contribution in [3.05, 3.63) is 18.3 Å². The van der Waals surface area contributed by atoms with E-state index in [1.165, 1.54) is 0 Å². The number of nitrogens with zero attached hydrogens (tertiary/aromatic N) is 1. The zero-order valence-corrected chi connectivity index (χ0v) is 10.1. The van der Waals surface area contributed by atoms with Crippen molar-refractivity contribution in [3.63, 3.8) is 0 Å². The average molecular weight is 223 g/mol. The number of anilines is 1.